The van der Waals surface area contributed by atoms with Crippen molar-refractivity contribution in [2.75, 3.05) is 39.3 Å². The molecule has 1 aromatic heterocycles. The number of rotatable bonds is 4. The molecule has 5 nitrogen and oxygen atoms in total. The molecule has 0 aromatic carbocycles. The quantitative estimate of drug-likeness (QED) is 0.747. The van der Waals surface area contributed by atoms with E-state index in [9.17, 15) is 0 Å². The zero-order chi connectivity index (χ0) is 11.4. The maximum atomic E-state index is 5.55. The Balaban J connectivity index is 1.79. The number of aryl methyl sites for hydroxylation is 1. The van der Waals surface area contributed by atoms with Crippen molar-refractivity contribution in [3.05, 3.63) is 18.2 Å². The van der Waals surface area contributed by atoms with Crippen LogP contribution < -0.4 is 5.73 Å². The highest BCUT2D eigenvalue weighted by Crippen LogP contribution is 2.06. The number of hydrogen-bond donors (Lipinski definition) is 1. The Bertz CT molecular complexity index is 314. The molecule has 1 saturated heterocycles. The lowest BCUT2D eigenvalue weighted by Gasteiger charge is -2.34. The largest absolute Gasteiger partial charge is 0.337 e. The van der Waals surface area contributed by atoms with Crippen molar-refractivity contribution in [1.82, 2.24) is 19.4 Å². The van der Waals surface area contributed by atoms with Gasteiger partial charge in [0.25, 0.3) is 0 Å². The molecule has 0 atom stereocenters. The summed E-state index contributed by atoms with van der Waals surface area (Å²) in [5.41, 5.74) is 5.55. The first kappa shape index (κ1) is 11.6. The van der Waals surface area contributed by atoms with Crippen molar-refractivity contribution in [3.8, 4) is 0 Å². The Morgan fingerprint density at radius 3 is 2.50 bits per heavy atom. The van der Waals surface area contributed by atoms with Crippen LogP contribution in [0.4, 0.5) is 0 Å². The van der Waals surface area contributed by atoms with Crippen molar-refractivity contribution in [2.24, 2.45) is 12.8 Å². The predicted octanol–water partition coefficient (Wildman–Crippen LogP) is -0.504. The lowest BCUT2D eigenvalue weighted by atomic mass is 10.3. The molecular weight excluding hydrogens is 202 g/mol. The minimum atomic E-state index is 0.763. The topological polar surface area (TPSA) is 50.3 Å². The Labute approximate surface area is 96.8 Å². The zero-order valence-electron chi connectivity index (χ0n) is 9.97. The Hall–Kier alpha value is -0.910. The van der Waals surface area contributed by atoms with E-state index in [0.29, 0.717) is 0 Å². The van der Waals surface area contributed by atoms with Gasteiger partial charge in [0.1, 0.15) is 5.82 Å². The second-order valence-electron chi connectivity index (χ2n) is 4.36. The lowest BCUT2D eigenvalue weighted by molar-refractivity contribution is 0.127. The summed E-state index contributed by atoms with van der Waals surface area (Å²) >= 11 is 0. The summed E-state index contributed by atoms with van der Waals surface area (Å²) in [7, 11) is 2.05. The lowest BCUT2D eigenvalue weighted by Crippen LogP contribution is -2.47. The van der Waals surface area contributed by atoms with Gasteiger partial charge >= 0.3 is 0 Å². The van der Waals surface area contributed by atoms with Crippen molar-refractivity contribution >= 4 is 0 Å². The molecule has 1 aliphatic rings. The van der Waals surface area contributed by atoms with Gasteiger partial charge in [-0.1, -0.05) is 0 Å². The molecule has 2 rings (SSSR count). The van der Waals surface area contributed by atoms with Crippen LogP contribution in [-0.2, 0) is 13.6 Å². The van der Waals surface area contributed by atoms with Crippen LogP contribution >= 0.6 is 0 Å². The second kappa shape index (κ2) is 5.43. The van der Waals surface area contributed by atoms with Gasteiger partial charge < -0.3 is 10.3 Å². The van der Waals surface area contributed by atoms with Crippen LogP contribution in [0.25, 0.3) is 0 Å². The van der Waals surface area contributed by atoms with Gasteiger partial charge in [0.2, 0.25) is 0 Å². The third kappa shape index (κ3) is 2.81. The predicted molar refractivity (Wildman–Crippen MR) is 64.0 cm³/mol. The molecule has 0 saturated carbocycles. The highest BCUT2D eigenvalue weighted by Gasteiger charge is 2.17. The first-order valence-electron chi connectivity index (χ1n) is 5.90. The normalized spacial score (nSPS) is 19.1. The van der Waals surface area contributed by atoms with E-state index in [0.717, 1.165) is 51.6 Å². The van der Waals surface area contributed by atoms with Crippen LogP contribution in [0.15, 0.2) is 12.4 Å². The average Bonchev–Trinajstić information content (AvgIpc) is 2.68. The molecular formula is C11H21N5. The summed E-state index contributed by atoms with van der Waals surface area (Å²) in [5.74, 6) is 1.15. The fraction of sp³-hybridized carbons (Fsp3) is 0.727. The second-order valence-corrected chi connectivity index (χ2v) is 4.36. The third-order valence-electron chi connectivity index (χ3n) is 3.20. The summed E-state index contributed by atoms with van der Waals surface area (Å²) in [6.45, 7) is 7.23. The van der Waals surface area contributed by atoms with Crippen LogP contribution in [0.1, 0.15) is 5.82 Å². The standard InChI is InChI=1S/C11H21N5/c1-14-5-3-13-11(14)10-16-8-6-15(4-2-12)7-9-16/h3,5H,2,4,6-10,12H2,1H3. The molecule has 0 amide bonds. The monoisotopic (exact) mass is 223 g/mol. The van der Waals surface area contributed by atoms with Crippen LogP contribution in [0.2, 0.25) is 0 Å². The van der Waals surface area contributed by atoms with E-state index in [2.05, 4.69) is 19.4 Å². The van der Waals surface area contributed by atoms with E-state index in [1.54, 1.807) is 0 Å². The number of aromatic nitrogens is 2. The minimum absolute atomic E-state index is 0.763. The summed E-state index contributed by atoms with van der Waals surface area (Å²) in [5, 5.41) is 0. The van der Waals surface area contributed by atoms with Gasteiger partial charge in [-0.3, -0.25) is 9.80 Å². The molecule has 5 heteroatoms. The summed E-state index contributed by atoms with van der Waals surface area (Å²) in [4.78, 5) is 9.23. The van der Waals surface area contributed by atoms with Gasteiger partial charge in [-0.2, -0.15) is 0 Å². The summed E-state index contributed by atoms with van der Waals surface area (Å²) in [6.07, 6.45) is 3.86. The maximum Gasteiger partial charge on any atom is 0.122 e. The Morgan fingerprint density at radius 1 is 1.25 bits per heavy atom. The summed E-state index contributed by atoms with van der Waals surface area (Å²) in [6, 6.07) is 0. The van der Waals surface area contributed by atoms with Gasteiger partial charge in [0.15, 0.2) is 0 Å². The molecule has 0 radical (unpaired) electrons. The molecule has 0 bridgehead atoms. The third-order valence-corrected chi connectivity index (χ3v) is 3.20. The van der Waals surface area contributed by atoms with Crippen molar-refractivity contribution in [2.45, 2.75) is 6.54 Å². The fourth-order valence-corrected chi connectivity index (χ4v) is 2.10. The number of imidazole rings is 1. The van der Waals surface area contributed by atoms with Gasteiger partial charge in [-0.05, 0) is 0 Å². The number of hydrogen-bond acceptors (Lipinski definition) is 4. The first-order valence-corrected chi connectivity index (χ1v) is 5.90. The highest BCUT2D eigenvalue weighted by molar-refractivity contribution is 4.91. The van der Waals surface area contributed by atoms with E-state index >= 15 is 0 Å². The van der Waals surface area contributed by atoms with Crippen LogP contribution in [-0.4, -0.2) is 58.6 Å². The van der Waals surface area contributed by atoms with Gasteiger partial charge in [-0.25, -0.2) is 4.98 Å². The van der Waals surface area contributed by atoms with E-state index in [1.165, 1.54) is 0 Å². The molecule has 0 unspecified atom stereocenters. The van der Waals surface area contributed by atoms with Crippen molar-refractivity contribution in [3.63, 3.8) is 0 Å². The Morgan fingerprint density at radius 2 is 1.94 bits per heavy atom. The van der Waals surface area contributed by atoms with Crippen molar-refractivity contribution in [1.29, 1.82) is 0 Å². The van der Waals surface area contributed by atoms with Crippen LogP contribution in [0.3, 0.4) is 0 Å². The van der Waals surface area contributed by atoms with Gasteiger partial charge in [0, 0.05) is 58.7 Å². The van der Waals surface area contributed by atoms with Crippen molar-refractivity contribution < 1.29 is 0 Å². The molecule has 1 fully saturated rings. The smallest absolute Gasteiger partial charge is 0.122 e. The minimum Gasteiger partial charge on any atom is -0.337 e. The molecule has 2 N–H and O–H groups in total. The molecule has 16 heavy (non-hydrogen) atoms. The van der Waals surface area contributed by atoms with Crippen LogP contribution in [0, 0.1) is 0 Å². The molecule has 0 spiro atoms. The van der Waals surface area contributed by atoms with Crippen LogP contribution in [0.5, 0.6) is 0 Å². The number of nitrogens with two attached hydrogens (primary N) is 1. The van der Waals surface area contributed by atoms with E-state index in [-0.39, 0.29) is 0 Å². The molecule has 2 heterocycles. The Kier molecular flexibility index (Phi) is 3.93. The molecule has 0 aliphatic carbocycles. The molecule has 1 aliphatic heterocycles. The molecule has 1 aromatic rings. The first-order chi connectivity index (χ1) is 7.79. The molecule has 90 valence electrons. The SMILES string of the molecule is Cn1ccnc1CN1CCN(CCN)CC1. The van der Waals surface area contributed by atoms with Gasteiger partial charge in [-0.15, -0.1) is 0 Å². The fourth-order valence-electron chi connectivity index (χ4n) is 2.10. The maximum absolute atomic E-state index is 5.55. The number of nitrogens with zero attached hydrogens (tertiary/aromatic N) is 4. The highest BCUT2D eigenvalue weighted by atomic mass is 15.3. The summed E-state index contributed by atoms with van der Waals surface area (Å²) < 4.78 is 2.09. The average molecular weight is 223 g/mol. The van der Waals surface area contributed by atoms with E-state index < -0.39 is 0 Å². The van der Waals surface area contributed by atoms with E-state index in [4.69, 9.17) is 5.73 Å². The van der Waals surface area contributed by atoms with E-state index in [1.807, 2.05) is 19.4 Å². The van der Waals surface area contributed by atoms with Gasteiger partial charge in [0.05, 0.1) is 6.54 Å². The zero-order valence-corrected chi connectivity index (χ0v) is 9.97. The number of piperazine rings is 1.